The van der Waals surface area contributed by atoms with Crippen LogP contribution in [-0.2, 0) is 0 Å². The molecule has 1 nitrogen and oxygen atoms in total. The lowest BCUT2D eigenvalue weighted by atomic mass is 9.78. The minimum absolute atomic E-state index is 0.132. The average molecular weight is 294 g/mol. The first kappa shape index (κ1) is 20.4. The lowest BCUT2D eigenvalue weighted by Gasteiger charge is -2.43. The maximum absolute atomic E-state index is 4.43. The molecule has 21 heavy (non-hydrogen) atoms. The molecule has 0 aromatic carbocycles. The Morgan fingerprint density at radius 2 is 1.29 bits per heavy atom. The van der Waals surface area contributed by atoms with Crippen LogP contribution in [0.4, 0.5) is 0 Å². The molecule has 0 heterocycles. The molecule has 0 radical (unpaired) electrons. The van der Waals surface area contributed by atoms with Gasteiger partial charge in [0, 0.05) is 11.6 Å². The summed E-state index contributed by atoms with van der Waals surface area (Å²) in [4.78, 5) is 2.47. The van der Waals surface area contributed by atoms with Crippen molar-refractivity contribution in [1.29, 1.82) is 0 Å². The summed E-state index contributed by atoms with van der Waals surface area (Å²) in [6, 6.07) is 0.393. The molecule has 0 rings (SSSR count). The topological polar surface area (TPSA) is 3.24 Å². The number of nitrogens with zero attached hydrogens (tertiary/aromatic N) is 1. The van der Waals surface area contributed by atoms with E-state index in [1.165, 1.54) is 11.1 Å². The third-order valence-electron chi connectivity index (χ3n) is 4.67. The number of likely N-dealkylation sites (N-methyl/N-ethyl adjacent to an activating group) is 1. The predicted molar refractivity (Wildman–Crippen MR) is 97.7 cm³/mol. The lowest BCUT2D eigenvalue weighted by molar-refractivity contribution is 0.118. The highest BCUT2D eigenvalue weighted by Crippen LogP contribution is 2.35. The van der Waals surface area contributed by atoms with Gasteiger partial charge >= 0.3 is 0 Å². The number of rotatable bonds is 5. The smallest absolute Gasteiger partial charge is 0.0315 e. The third kappa shape index (κ3) is 6.38. The Balaban J connectivity index is 5.18. The molecule has 0 aliphatic heterocycles. The van der Waals surface area contributed by atoms with Gasteiger partial charge in [0.2, 0.25) is 0 Å². The van der Waals surface area contributed by atoms with Crippen LogP contribution in [0, 0.1) is 10.8 Å². The van der Waals surface area contributed by atoms with Crippen LogP contribution in [0.5, 0.6) is 0 Å². The summed E-state index contributed by atoms with van der Waals surface area (Å²) >= 11 is 0. The number of hydrogen-bond acceptors (Lipinski definition) is 1. The molecule has 1 unspecified atom stereocenters. The summed E-state index contributed by atoms with van der Waals surface area (Å²) in [7, 11) is 2.22. The number of hydrogen-bond donors (Lipinski definition) is 0. The summed E-state index contributed by atoms with van der Waals surface area (Å²) in [6.45, 7) is 29.1. The zero-order valence-electron chi connectivity index (χ0n) is 16.4. The van der Waals surface area contributed by atoms with E-state index >= 15 is 0 Å². The zero-order valence-corrected chi connectivity index (χ0v) is 16.4. The van der Waals surface area contributed by atoms with Gasteiger partial charge in [-0.05, 0) is 51.5 Å². The van der Waals surface area contributed by atoms with E-state index in [0.29, 0.717) is 6.04 Å². The largest absolute Gasteiger partial charge is 0.295 e. The first-order valence-corrected chi connectivity index (χ1v) is 8.19. The Morgan fingerprint density at radius 1 is 0.857 bits per heavy atom. The van der Waals surface area contributed by atoms with Crippen LogP contribution in [0.1, 0.15) is 75.2 Å². The normalized spacial score (nSPS) is 15.2. The van der Waals surface area contributed by atoms with Gasteiger partial charge in [0.25, 0.3) is 0 Å². The molecule has 0 N–H and O–H groups in total. The predicted octanol–water partition coefficient (Wildman–Crippen LogP) is 6.07. The molecule has 0 fully saturated rings. The Labute approximate surface area is 134 Å². The van der Waals surface area contributed by atoms with Crippen LogP contribution >= 0.6 is 0 Å². The van der Waals surface area contributed by atoms with Crippen molar-refractivity contribution < 1.29 is 0 Å². The van der Waals surface area contributed by atoms with Gasteiger partial charge in [-0.3, -0.25) is 4.90 Å². The van der Waals surface area contributed by atoms with Crippen molar-refractivity contribution in [3.63, 3.8) is 0 Å². The van der Waals surface area contributed by atoms with E-state index in [4.69, 9.17) is 0 Å². The molecule has 0 bridgehead atoms. The summed E-state index contributed by atoms with van der Waals surface area (Å²) in [6.07, 6.45) is 2.16. The van der Waals surface area contributed by atoms with E-state index in [-0.39, 0.29) is 16.4 Å². The van der Waals surface area contributed by atoms with Crippen LogP contribution in [0.15, 0.2) is 24.3 Å². The van der Waals surface area contributed by atoms with Gasteiger partial charge in [-0.1, -0.05) is 65.8 Å². The Morgan fingerprint density at radius 3 is 1.57 bits per heavy atom. The van der Waals surface area contributed by atoms with Gasteiger partial charge in [-0.2, -0.15) is 0 Å². The van der Waals surface area contributed by atoms with Crippen molar-refractivity contribution in [1.82, 2.24) is 4.90 Å². The van der Waals surface area contributed by atoms with Crippen LogP contribution in [0.25, 0.3) is 0 Å². The molecule has 1 atom stereocenters. The van der Waals surface area contributed by atoms with Crippen molar-refractivity contribution in [2.45, 2.75) is 86.7 Å². The minimum atomic E-state index is 0.132. The van der Waals surface area contributed by atoms with Crippen LogP contribution in [0.3, 0.4) is 0 Å². The summed E-state index contributed by atoms with van der Waals surface area (Å²) in [5.41, 5.74) is 3.11. The van der Waals surface area contributed by atoms with Crippen LogP contribution in [-0.4, -0.2) is 23.5 Å². The van der Waals surface area contributed by atoms with E-state index in [9.17, 15) is 0 Å². The lowest BCUT2D eigenvalue weighted by Crippen LogP contribution is -2.47. The molecule has 0 aromatic heterocycles. The molecule has 0 aliphatic rings. The van der Waals surface area contributed by atoms with Gasteiger partial charge in [-0.25, -0.2) is 0 Å². The highest BCUT2D eigenvalue weighted by molar-refractivity contribution is 5.17. The molecule has 124 valence electrons. The van der Waals surface area contributed by atoms with Gasteiger partial charge in [0.1, 0.15) is 0 Å². The van der Waals surface area contributed by atoms with Crippen molar-refractivity contribution in [2.75, 3.05) is 7.05 Å². The third-order valence-corrected chi connectivity index (χ3v) is 4.67. The molecule has 1 heteroatoms. The van der Waals surface area contributed by atoms with Gasteiger partial charge < -0.3 is 0 Å². The second kappa shape index (κ2) is 6.69. The van der Waals surface area contributed by atoms with Crippen LogP contribution in [0.2, 0.25) is 0 Å². The summed E-state index contributed by atoms with van der Waals surface area (Å²) in [5, 5.41) is 0. The molecular formula is C20H39N. The fourth-order valence-corrected chi connectivity index (χ4v) is 2.25. The molecule has 0 aliphatic carbocycles. The highest BCUT2D eigenvalue weighted by atomic mass is 15.2. The van der Waals surface area contributed by atoms with Crippen molar-refractivity contribution >= 4 is 0 Å². The Bertz CT molecular complexity index is 368. The average Bonchev–Trinajstić information content (AvgIpc) is 2.24. The molecular weight excluding hydrogens is 254 g/mol. The second-order valence-corrected chi connectivity index (χ2v) is 9.46. The van der Waals surface area contributed by atoms with Gasteiger partial charge in [0.15, 0.2) is 0 Å². The molecule has 0 spiro atoms. The quantitative estimate of drug-likeness (QED) is 0.556. The van der Waals surface area contributed by atoms with E-state index in [1.807, 2.05) is 0 Å². The van der Waals surface area contributed by atoms with E-state index in [0.717, 1.165) is 12.8 Å². The Kier molecular flexibility index (Phi) is 6.51. The fourth-order valence-electron chi connectivity index (χ4n) is 2.25. The van der Waals surface area contributed by atoms with Crippen molar-refractivity contribution in [3.8, 4) is 0 Å². The first-order valence-electron chi connectivity index (χ1n) is 8.19. The first-order chi connectivity index (χ1) is 9.08. The number of allylic oxidation sites excluding steroid dienone is 1. The van der Waals surface area contributed by atoms with Crippen molar-refractivity contribution in [2.24, 2.45) is 10.8 Å². The standard InChI is InChI=1S/C20H39N/c1-15(18(3,4)5)13-14-17(16(2)19(6,7)8)21(12)20(9,10)11/h17H,1-2,13-14H2,3-12H3. The summed E-state index contributed by atoms with van der Waals surface area (Å²) < 4.78 is 0. The van der Waals surface area contributed by atoms with Gasteiger partial charge in [0.05, 0.1) is 0 Å². The maximum atomic E-state index is 4.43. The monoisotopic (exact) mass is 293 g/mol. The highest BCUT2D eigenvalue weighted by Gasteiger charge is 2.32. The SMILES string of the molecule is C=C(CCC(C(=C)C(C)(C)C)N(C)C(C)(C)C)C(C)(C)C. The van der Waals surface area contributed by atoms with E-state index < -0.39 is 0 Å². The molecule has 0 saturated carbocycles. The second-order valence-electron chi connectivity index (χ2n) is 9.46. The molecule has 0 amide bonds. The minimum Gasteiger partial charge on any atom is -0.295 e. The Hall–Kier alpha value is -0.560. The van der Waals surface area contributed by atoms with Gasteiger partial charge in [-0.15, -0.1) is 0 Å². The zero-order chi connectivity index (χ0) is 17.2. The summed E-state index contributed by atoms with van der Waals surface area (Å²) in [5.74, 6) is 0. The van der Waals surface area contributed by atoms with E-state index in [2.05, 4.69) is 87.4 Å². The van der Waals surface area contributed by atoms with Crippen LogP contribution < -0.4 is 0 Å². The van der Waals surface area contributed by atoms with Crippen molar-refractivity contribution in [3.05, 3.63) is 24.3 Å². The molecule has 0 aromatic rings. The maximum Gasteiger partial charge on any atom is 0.0315 e. The van der Waals surface area contributed by atoms with E-state index in [1.54, 1.807) is 0 Å². The fraction of sp³-hybridized carbons (Fsp3) is 0.800. The molecule has 0 saturated heterocycles.